The lowest BCUT2D eigenvalue weighted by atomic mass is 10.0. The molecule has 47 heavy (non-hydrogen) atoms. The first-order valence-electron chi connectivity index (χ1n) is 14.5. The molecule has 0 unspecified atom stereocenters. The predicted molar refractivity (Wildman–Crippen MR) is 176 cm³/mol. The van der Waals surface area contributed by atoms with Crippen LogP contribution >= 0.6 is 11.6 Å². The van der Waals surface area contributed by atoms with E-state index in [-0.39, 0.29) is 30.6 Å². The maximum absolute atomic E-state index is 13.0. The fourth-order valence-corrected chi connectivity index (χ4v) is 5.38. The first-order valence-corrected chi connectivity index (χ1v) is 14.9. The third-order valence-electron chi connectivity index (χ3n) is 7.46. The van der Waals surface area contributed by atoms with Gasteiger partial charge < -0.3 is 32.6 Å². The highest BCUT2D eigenvalue weighted by Crippen LogP contribution is 2.31. The van der Waals surface area contributed by atoms with Crippen molar-refractivity contribution >= 4 is 57.7 Å². The lowest BCUT2D eigenvalue weighted by Crippen LogP contribution is -2.42. The number of nitrogen functional groups attached to an aromatic ring is 3. The van der Waals surface area contributed by atoms with Gasteiger partial charge in [-0.3, -0.25) is 9.59 Å². The number of H-pyrrole nitrogens is 1. The van der Waals surface area contributed by atoms with Crippen LogP contribution < -0.4 is 27.8 Å². The van der Waals surface area contributed by atoms with E-state index in [0.717, 1.165) is 11.1 Å². The van der Waals surface area contributed by atoms with E-state index in [1.807, 2.05) is 18.2 Å². The Hall–Kier alpha value is -5.83. The summed E-state index contributed by atoms with van der Waals surface area (Å²) < 4.78 is 4.90. The summed E-state index contributed by atoms with van der Waals surface area (Å²) in [7, 11) is 1.25. The molecule has 9 N–H and O–H groups in total. The minimum Gasteiger partial charge on any atom is -0.467 e. The highest BCUT2D eigenvalue weighted by molar-refractivity contribution is 6.37. The minimum absolute atomic E-state index is 0.0804. The molecule has 5 aromatic rings. The number of aryl methyl sites for hydroxylation is 2. The van der Waals surface area contributed by atoms with Crippen molar-refractivity contribution in [1.82, 2.24) is 41.2 Å². The van der Waals surface area contributed by atoms with Crippen LogP contribution in [-0.2, 0) is 22.4 Å². The number of ether oxygens (including phenoxy) is 1. The Morgan fingerprint density at radius 2 is 1.77 bits per heavy atom. The van der Waals surface area contributed by atoms with Crippen LogP contribution in [0.5, 0.6) is 0 Å². The second-order valence-corrected chi connectivity index (χ2v) is 11.0. The van der Waals surface area contributed by atoms with Crippen molar-refractivity contribution in [2.24, 2.45) is 0 Å². The van der Waals surface area contributed by atoms with E-state index in [2.05, 4.69) is 41.2 Å². The Labute approximate surface area is 273 Å². The number of carbonyl (C=O) groups is 3. The number of amides is 2. The van der Waals surface area contributed by atoms with E-state index < -0.39 is 17.9 Å². The number of tetrazole rings is 1. The van der Waals surface area contributed by atoms with Crippen LogP contribution in [-0.4, -0.2) is 68.1 Å². The average Bonchev–Trinajstić information content (AvgIpc) is 3.60. The quantitative estimate of drug-likeness (QED) is 0.0644. The SMILES string of the molecule is COC(=O)[C@H](CCCNC(=O)c1ccc(N)cc1-c1nnn[nH]1)NC(=O)c1ccc(CCc2ccc3nc(N)nc(N)c3c2Cl)cc1. The highest BCUT2D eigenvalue weighted by Gasteiger charge is 2.22. The molecule has 16 heteroatoms. The summed E-state index contributed by atoms with van der Waals surface area (Å²) in [5.74, 6) is -0.807. The molecule has 242 valence electrons. The molecule has 5 rings (SSSR count). The number of esters is 1. The van der Waals surface area contributed by atoms with Gasteiger partial charge in [-0.15, -0.1) is 5.10 Å². The molecule has 0 bridgehead atoms. The Morgan fingerprint density at radius 3 is 2.49 bits per heavy atom. The first-order chi connectivity index (χ1) is 22.6. The second-order valence-electron chi connectivity index (χ2n) is 10.6. The van der Waals surface area contributed by atoms with Crippen LogP contribution in [0.2, 0.25) is 5.02 Å². The number of nitrogens with zero attached hydrogens (tertiary/aromatic N) is 5. The van der Waals surface area contributed by atoms with Crippen LogP contribution in [0.3, 0.4) is 0 Å². The number of carbonyl (C=O) groups excluding carboxylic acids is 3. The second kappa shape index (κ2) is 14.5. The normalized spacial score (nSPS) is 11.6. The summed E-state index contributed by atoms with van der Waals surface area (Å²) in [6.07, 6.45) is 1.86. The molecule has 0 fully saturated rings. The van der Waals surface area contributed by atoms with Crippen LogP contribution in [0, 0.1) is 0 Å². The molecule has 0 saturated carbocycles. The van der Waals surface area contributed by atoms with Gasteiger partial charge in [-0.05, 0) is 83.6 Å². The van der Waals surface area contributed by atoms with Crippen LogP contribution in [0.25, 0.3) is 22.3 Å². The van der Waals surface area contributed by atoms with Gasteiger partial charge in [0.25, 0.3) is 11.8 Å². The number of aromatic nitrogens is 6. The molecule has 2 heterocycles. The Morgan fingerprint density at radius 1 is 0.979 bits per heavy atom. The van der Waals surface area contributed by atoms with E-state index in [1.165, 1.54) is 7.11 Å². The van der Waals surface area contributed by atoms with E-state index in [0.29, 0.717) is 63.4 Å². The van der Waals surface area contributed by atoms with Gasteiger partial charge in [0.2, 0.25) is 5.95 Å². The smallest absolute Gasteiger partial charge is 0.328 e. The van der Waals surface area contributed by atoms with E-state index in [1.54, 1.807) is 36.4 Å². The summed E-state index contributed by atoms with van der Waals surface area (Å²) in [6, 6.07) is 14.6. The van der Waals surface area contributed by atoms with Gasteiger partial charge in [0.05, 0.1) is 28.6 Å². The molecule has 0 aliphatic heterocycles. The van der Waals surface area contributed by atoms with Crippen LogP contribution in [0.4, 0.5) is 17.5 Å². The molecule has 0 saturated heterocycles. The van der Waals surface area contributed by atoms with Gasteiger partial charge in [0.15, 0.2) is 5.82 Å². The van der Waals surface area contributed by atoms with E-state index in [9.17, 15) is 14.4 Å². The zero-order chi connectivity index (χ0) is 33.5. The predicted octanol–water partition coefficient (Wildman–Crippen LogP) is 2.48. The van der Waals surface area contributed by atoms with Gasteiger partial charge in [-0.2, -0.15) is 4.98 Å². The Kier molecular flexibility index (Phi) is 10.1. The van der Waals surface area contributed by atoms with Gasteiger partial charge in [-0.25, -0.2) is 14.9 Å². The monoisotopic (exact) mass is 657 g/mol. The van der Waals surface area contributed by atoms with Crippen LogP contribution in [0.15, 0.2) is 54.6 Å². The number of rotatable bonds is 12. The number of benzene rings is 3. The number of aromatic amines is 1. The van der Waals surface area contributed by atoms with Crippen molar-refractivity contribution in [1.29, 1.82) is 0 Å². The molecule has 1 atom stereocenters. The lowest BCUT2D eigenvalue weighted by molar-refractivity contribution is -0.143. The number of methoxy groups -OCH3 is 1. The summed E-state index contributed by atoms with van der Waals surface area (Å²) in [5.41, 5.74) is 21.6. The molecule has 3 aromatic carbocycles. The molecule has 0 aliphatic carbocycles. The third-order valence-corrected chi connectivity index (χ3v) is 7.89. The number of anilines is 3. The van der Waals surface area contributed by atoms with Crippen LogP contribution in [0.1, 0.15) is 44.7 Å². The Bertz CT molecular complexity index is 1920. The van der Waals surface area contributed by atoms with Gasteiger partial charge in [0, 0.05) is 23.4 Å². The molecule has 2 amide bonds. The molecule has 15 nitrogen and oxygen atoms in total. The molecule has 0 spiro atoms. The maximum atomic E-state index is 13.0. The summed E-state index contributed by atoms with van der Waals surface area (Å²) in [6.45, 7) is 0.226. The summed E-state index contributed by atoms with van der Waals surface area (Å²) in [5, 5.41) is 20.1. The molecular formula is C31H32ClN11O4. The number of halogens is 1. The number of hydrogen-bond acceptors (Lipinski definition) is 12. The largest absolute Gasteiger partial charge is 0.467 e. The number of hydrogen-bond donors (Lipinski definition) is 6. The highest BCUT2D eigenvalue weighted by atomic mass is 35.5. The van der Waals surface area contributed by atoms with Gasteiger partial charge >= 0.3 is 5.97 Å². The fraction of sp³-hybridized carbons (Fsp3) is 0.226. The zero-order valence-corrected chi connectivity index (χ0v) is 26.0. The summed E-state index contributed by atoms with van der Waals surface area (Å²) in [4.78, 5) is 46.6. The number of nitrogens with one attached hydrogen (secondary N) is 3. The molecule has 2 aromatic heterocycles. The number of fused-ring (bicyclic) bond motifs is 1. The standard InChI is InChI=1S/C31H32ClN11O4/c1-47-30(46)23(3-2-14-36-29(45)20-12-11-19(33)15-21(20)27-40-42-43-41-27)37-28(44)18-8-5-16(6-9-18)4-7-17-10-13-22-24(25(17)32)26(34)39-31(35)38-22/h5-6,8-13,15,23H,2-4,7,14,33H2,1H3,(H,36,45)(H,37,44)(H4,34,35,38,39)(H,40,41,42,43)/t23-/m0/s1. The van der Waals surface area contributed by atoms with Crippen molar-refractivity contribution in [3.8, 4) is 11.4 Å². The van der Waals surface area contributed by atoms with Crippen molar-refractivity contribution in [3.63, 3.8) is 0 Å². The zero-order valence-electron chi connectivity index (χ0n) is 25.3. The van der Waals surface area contributed by atoms with Gasteiger partial charge in [0.1, 0.15) is 11.9 Å². The number of nitrogens with two attached hydrogens (primary N) is 3. The third kappa shape index (κ3) is 7.70. The topological polar surface area (TPSA) is 243 Å². The summed E-state index contributed by atoms with van der Waals surface area (Å²) >= 11 is 6.61. The minimum atomic E-state index is -0.918. The molecular weight excluding hydrogens is 626 g/mol. The molecule has 0 radical (unpaired) electrons. The van der Waals surface area contributed by atoms with Gasteiger partial charge in [-0.1, -0.05) is 29.8 Å². The lowest BCUT2D eigenvalue weighted by Gasteiger charge is -2.17. The van der Waals surface area contributed by atoms with Crippen molar-refractivity contribution < 1.29 is 19.1 Å². The average molecular weight is 658 g/mol. The van der Waals surface area contributed by atoms with Crippen molar-refractivity contribution in [2.45, 2.75) is 31.7 Å². The first kappa shape index (κ1) is 32.6. The van der Waals surface area contributed by atoms with E-state index >= 15 is 0 Å². The van der Waals surface area contributed by atoms with Crippen molar-refractivity contribution in [2.75, 3.05) is 30.9 Å². The maximum Gasteiger partial charge on any atom is 0.328 e. The van der Waals surface area contributed by atoms with Crippen molar-refractivity contribution in [3.05, 3.63) is 81.9 Å². The van der Waals surface area contributed by atoms with E-state index in [4.69, 9.17) is 33.5 Å². The molecule has 0 aliphatic rings. The fourth-order valence-electron chi connectivity index (χ4n) is 5.03. The Balaban J connectivity index is 1.15.